The molecule has 2 aromatic carbocycles. The molecule has 0 saturated heterocycles. The highest BCUT2D eigenvalue weighted by Gasteiger charge is 2.17. The van der Waals surface area contributed by atoms with E-state index in [1.54, 1.807) is 18.2 Å². The van der Waals surface area contributed by atoms with Crippen LogP contribution in [0.5, 0.6) is 0 Å². The van der Waals surface area contributed by atoms with Gasteiger partial charge in [0.15, 0.2) is 5.11 Å². The van der Waals surface area contributed by atoms with Crippen molar-refractivity contribution in [2.24, 2.45) is 0 Å². The largest absolute Gasteiger partial charge is 0.362 e. The first-order valence-corrected chi connectivity index (χ1v) is 9.46. The molecule has 0 unspecified atom stereocenters. The van der Waals surface area contributed by atoms with Crippen LogP contribution in [-0.2, 0) is 16.4 Å². The maximum atomic E-state index is 13.1. The number of hydrogen-bond acceptors (Lipinski definition) is 3. The van der Waals surface area contributed by atoms with Gasteiger partial charge in [0.05, 0.1) is 4.90 Å². The molecule has 2 rings (SSSR count). The van der Waals surface area contributed by atoms with Gasteiger partial charge >= 0.3 is 0 Å². The van der Waals surface area contributed by atoms with Crippen molar-refractivity contribution in [1.82, 2.24) is 9.62 Å². The van der Waals surface area contributed by atoms with Gasteiger partial charge in [-0.25, -0.2) is 17.1 Å². The Morgan fingerprint density at radius 2 is 1.88 bits per heavy atom. The van der Waals surface area contributed by atoms with Crippen molar-refractivity contribution < 1.29 is 12.8 Å². The SMILES string of the molecule is CN(C)S(=O)(=O)c1cccc(NC(=S)NCCc2cccc(F)c2)c1. The van der Waals surface area contributed by atoms with Crippen molar-refractivity contribution in [3.63, 3.8) is 0 Å². The normalized spacial score (nSPS) is 11.4. The molecular formula is C17H20FN3O2S2. The molecule has 0 aromatic heterocycles. The average Bonchev–Trinajstić information content (AvgIpc) is 2.55. The van der Waals surface area contributed by atoms with Gasteiger partial charge in [-0.15, -0.1) is 0 Å². The molecule has 0 saturated carbocycles. The number of halogens is 1. The van der Waals surface area contributed by atoms with Crippen LogP contribution >= 0.6 is 12.2 Å². The smallest absolute Gasteiger partial charge is 0.242 e. The first-order valence-electron chi connectivity index (χ1n) is 7.61. The predicted octanol–water partition coefficient (Wildman–Crippen LogP) is 2.61. The topological polar surface area (TPSA) is 61.4 Å². The molecule has 0 radical (unpaired) electrons. The third-order valence-electron chi connectivity index (χ3n) is 3.46. The van der Waals surface area contributed by atoms with Gasteiger partial charge in [0.25, 0.3) is 0 Å². The van der Waals surface area contributed by atoms with Crippen LogP contribution in [0.25, 0.3) is 0 Å². The molecule has 2 N–H and O–H groups in total. The summed E-state index contributed by atoms with van der Waals surface area (Å²) in [5, 5.41) is 6.34. The van der Waals surface area contributed by atoms with Crippen LogP contribution in [0.3, 0.4) is 0 Å². The molecule has 0 bridgehead atoms. The zero-order valence-electron chi connectivity index (χ0n) is 14.0. The van der Waals surface area contributed by atoms with E-state index in [9.17, 15) is 12.8 Å². The van der Waals surface area contributed by atoms with Crippen LogP contribution in [0.4, 0.5) is 10.1 Å². The molecule has 0 heterocycles. The molecule has 0 aliphatic carbocycles. The maximum absolute atomic E-state index is 13.1. The molecule has 0 atom stereocenters. The van der Waals surface area contributed by atoms with Crippen LogP contribution in [0.2, 0.25) is 0 Å². The third-order valence-corrected chi connectivity index (χ3v) is 5.52. The van der Waals surface area contributed by atoms with E-state index in [0.29, 0.717) is 23.8 Å². The van der Waals surface area contributed by atoms with E-state index in [1.807, 2.05) is 6.07 Å². The quantitative estimate of drug-likeness (QED) is 0.753. The van der Waals surface area contributed by atoms with Gasteiger partial charge in [-0.2, -0.15) is 0 Å². The number of sulfonamides is 1. The molecular weight excluding hydrogens is 361 g/mol. The second-order valence-corrected chi connectivity index (χ2v) is 8.14. The summed E-state index contributed by atoms with van der Waals surface area (Å²) in [5.41, 5.74) is 1.44. The van der Waals surface area contributed by atoms with E-state index in [0.717, 1.165) is 9.87 Å². The zero-order chi connectivity index (χ0) is 18.4. The highest BCUT2D eigenvalue weighted by atomic mass is 32.2. The summed E-state index contributed by atoms with van der Waals surface area (Å²) in [6.45, 7) is 0.533. The number of rotatable bonds is 6. The fourth-order valence-electron chi connectivity index (χ4n) is 2.13. The summed E-state index contributed by atoms with van der Waals surface area (Å²) in [5.74, 6) is -0.267. The van der Waals surface area contributed by atoms with Crippen molar-refractivity contribution in [1.29, 1.82) is 0 Å². The Hall–Kier alpha value is -2.03. The third kappa shape index (κ3) is 5.48. The Morgan fingerprint density at radius 3 is 2.56 bits per heavy atom. The maximum Gasteiger partial charge on any atom is 0.242 e. The molecule has 0 fully saturated rings. The van der Waals surface area contributed by atoms with Crippen molar-refractivity contribution in [2.75, 3.05) is 26.0 Å². The summed E-state index contributed by atoms with van der Waals surface area (Å²) in [4.78, 5) is 0.185. The number of nitrogens with one attached hydrogen (secondary N) is 2. The van der Waals surface area contributed by atoms with E-state index in [1.165, 1.54) is 38.4 Å². The van der Waals surface area contributed by atoms with Gasteiger partial charge in [-0.05, 0) is 54.5 Å². The number of benzene rings is 2. The fourth-order valence-corrected chi connectivity index (χ4v) is 3.30. The number of nitrogens with zero attached hydrogens (tertiary/aromatic N) is 1. The Kier molecular flexibility index (Phi) is 6.46. The molecule has 134 valence electrons. The number of anilines is 1. The second kappa shape index (κ2) is 8.37. The van der Waals surface area contributed by atoms with Crippen molar-refractivity contribution >= 4 is 33.0 Å². The minimum atomic E-state index is -3.50. The van der Waals surface area contributed by atoms with Crippen molar-refractivity contribution in [3.8, 4) is 0 Å². The monoisotopic (exact) mass is 381 g/mol. The van der Waals surface area contributed by atoms with Crippen LogP contribution in [0.15, 0.2) is 53.4 Å². The predicted molar refractivity (Wildman–Crippen MR) is 102 cm³/mol. The van der Waals surface area contributed by atoms with Crippen LogP contribution in [0, 0.1) is 5.82 Å². The second-order valence-electron chi connectivity index (χ2n) is 5.58. The molecule has 5 nitrogen and oxygen atoms in total. The minimum absolute atomic E-state index is 0.185. The van der Waals surface area contributed by atoms with E-state index in [-0.39, 0.29) is 10.7 Å². The zero-order valence-corrected chi connectivity index (χ0v) is 15.6. The summed E-state index contributed by atoms with van der Waals surface area (Å²) in [6.07, 6.45) is 0.620. The van der Waals surface area contributed by atoms with Crippen LogP contribution in [-0.4, -0.2) is 38.5 Å². The summed E-state index contributed by atoms with van der Waals surface area (Å²) in [6, 6.07) is 12.8. The molecule has 0 aliphatic heterocycles. The number of hydrogen-bond donors (Lipinski definition) is 2. The molecule has 0 amide bonds. The van der Waals surface area contributed by atoms with Crippen molar-refractivity contribution in [3.05, 3.63) is 59.9 Å². The highest BCUT2D eigenvalue weighted by molar-refractivity contribution is 7.89. The fraction of sp³-hybridized carbons (Fsp3) is 0.235. The van der Waals surface area contributed by atoms with Gasteiger partial charge in [0, 0.05) is 26.3 Å². The lowest BCUT2D eigenvalue weighted by Gasteiger charge is -2.14. The molecule has 0 aliphatic rings. The first-order chi connectivity index (χ1) is 11.8. The van der Waals surface area contributed by atoms with Crippen molar-refractivity contribution in [2.45, 2.75) is 11.3 Å². The summed E-state index contributed by atoms with van der Waals surface area (Å²) in [7, 11) is -0.538. The number of thiocarbonyl (C=S) groups is 1. The lowest BCUT2D eigenvalue weighted by molar-refractivity contribution is 0.521. The Bertz CT molecular complexity index is 854. The van der Waals surface area contributed by atoms with E-state index < -0.39 is 10.0 Å². The van der Waals surface area contributed by atoms with Gasteiger partial charge in [-0.3, -0.25) is 0 Å². The van der Waals surface area contributed by atoms with Gasteiger partial charge in [0.2, 0.25) is 10.0 Å². The molecule has 8 heteroatoms. The Balaban J connectivity index is 1.92. The first kappa shape index (κ1) is 19.3. The van der Waals surface area contributed by atoms with Crippen LogP contribution in [0.1, 0.15) is 5.56 Å². The summed E-state index contributed by atoms with van der Waals surface area (Å²) < 4.78 is 38.6. The Morgan fingerprint density at radius 1 is 1.16 bits per heavy atom. The van der Waals surface area contributed by atoms with E-state index in [2.05, 4.69) is 10.6 Å². The van der Waals surface area contributed by atoms with E-state index >= 15 is 0 Å². The van der Waals surface area contributed by atoms with Crippen LogP contribution < -0.4 is 10.6 Å². The minimum Gasteiger partial charge on any atom is -0.362 e. The lowest BCUT2D eigenvalue weighted by Crippen LogP contribution is -2.30. The average molecular weight is 381 g/mol. The molecule has 0 spiro atoms. The van der Waals surface area contributed by atoms with Gasteiger partial charge in [0.1, 0.15) is 5.82 Å². The van der Waals surface area contributed by atoms with E-state index in [4.69, 9.17) is 12.2 Å². The Labute approximate surface area is 152 Å². The summed E-state index contributed by atoms with van der Waals surface area (Å²) >= 11 is 5.21. The highest BCUT2D eigenvalue weighted by Crippen LogP contribution is 2.17. The molecule has 2 aromatic rings. The van der Waals surface area contributed by atoms with Gasteiger partial charge in [-0.1, -0.05) is 18.2 Å². The van der Waals surface area contributed by atoms with Gasteiger partial charge < -0.3 is 10.6 Å². The standard InChI is InChI=1S/C17H20FN3O2S2/c1-21(2)25(22,23)16-8-4-7-15(12-16)20-17(24)19-10-9-13-5-3-6-14(18)11-13/h3-8,11-12H,9-10H2,1-2H3,(H2,19,20,24). The lowest BCUT2D eigenvalue weighted by atomic mass is 10.1. The molecule has 25 heavy (non-hydrogen) atoms.